The molecule has 0 amide bonds. The molecule has 2 heterocycles. The van der Waals surface area contributed by atoms with Crippen LogP contribution in [0.2, 0.25) is 0 Å². The number of hydrogen-bond acceptors (Lipinski definition) is 5. The largest absolute Gasteiger partial charge is 0.325 e. The molecule has 17 heavy (non-hydrogen) atoms. The maximum atomic E-state index is 5.59. The van der Waals surface area contributed by atoms with E-state index in [-0.39, 0.29) is 0 Å². The second-order valence-electron chi connectivity index (χ2n) is 3.38. The Bertz CT molecular complexity index is 533. The smallest absolute Gasteiger partial charge is 0.194 e. The van der Waals surface area contributed by atoms with Gasteiger partial charge in [-0.1, -0.05) is 0 Å². The summed E-state index contributed by atoms with van der Waals surface area (Å²) in [7, 11) is 0. The molecule has 2 rings (SSSR count). The lowest BCUT2D eigenvalue weighted by Crippen LogP contribution is -2.03. The fraction of sp³-hybridized carbons (Fsp3) is 0.182. The third kappa shape index (κ3) is 3.24. The predicted octanol–water partition coefficient (Wildman–Crippen LogP) is 2.55. The lowest BCUT2D eigenvalue weighted by atomic mass is 10.3. The summed E-state index contributed by atoms with van der Waals surface area (Å²) in [5.41, 5.74) is 7.34. The van der Waals surface area contributed by atoms with E-state index in [0.29, 0.717) is 11.7 Å². The number of rotatable bonds is 3. The molecule has 0 unspecified atom stereocenters. The van der Waals surface area contributed by atoms with Crippen LogP contribution in [0.15, 0.2) is 39.1 Å². The SMILES string of the molecule is Cc1cc(CN)nc(Sc2ncccc2Br)n1. The average molecular weight is 311 g/mol. The number of hydrogen-bond donors (Lipinski definition) is 1. The Balaban J connectivity index is 2.30. The van der Waals surface area contributed by atoms with E-state index in [1.165, 1.54) is 11.8 Å². The van der Waals surface area contributed by atoms with Crippen molar-refractivity contribution >= 4 is 27.7 Å². The second-order valence-corrected chi connectivity index (χ2v) is 5.19. The summed E-state index contributed by atoms with van der Waals surface area (Å²) in [6.07, 6.45) is 1.74. The molecule has 0 aromatic carbocycles. The van der Waals surface area contributed by atoms with Crippen molar-refractivity contribution in [2.24, 2.45) is 5.73 Å². The van der Waals surface area contributed by atoms with E-state index < -0.39 is 0 Å². The monoisotopic (exact) mass is 310 g/mol. The fourth-order valence-corrected chi connectivity index (χ4v) is 2.59. The number of nitrogens with two attached hydrogens (primary N) is 1. The highest BCUT2D eigenvalue weighted by Crippen LogP contribution is 2.29. The minimum Gasteiger partial charge on any atom is -0.325 e. The van der Waals surface area contributed by atoms with Crippen molar-refractivity contribution in [1.29, 1.82) is 0 Å². The molecule has 2 aromatic rings. The van der Waals surface area contributed by atoms with E-state index in [0.717, 1.165) is 20.9 Å². The molecular formula is C11H11BrN4S. The highest BCUT2D eigenvalue weighted by atomic mass is 79.9. The van der Waals surface area contributed by atoms with E-state index >= 15 is 0 Å². The van der Waals surface area contributed by atoms with Crippen LogP contribution in [-0.2, 0) is 6.54 Å². The summed E-state index contributed by atoms with van der Waals surface area (Å²) in [5, 5.41) is 1.52. The van der Waals surface area contributed by atoms with Gasteiger partial charge in [-0.25, -0.2) is 15.0 Å². The van der Waals surface area contributed by atoms with Gasteiger partial charge in [-0.2, -0.15) is 0 Å². The molecule has 0 saturated heterocycles. The lowest BCUT2D eigenvalue weighted by molar-refractivity contribution is 0.852. The van der Waals surface area contributed by atoms with Gasteiger partial charge in [0.2, 0.25) is 0 Å². The van der Waals surface area contributed by atoms with Gasteiger partial charge in [0.1, 0.15) is 5.03 Å². The van der Waals surface area contributed by atoms with Crippen LogP contribution < -0.4 is 5.73 Å². The molecule has 0 fully saturated rings. The minimum absolute atomic E-state index is 0.417. The van der Waals surface area contributed by atoms with E-state index in [4.69, 9.17) is 5.73 Å². The van der Waals surface area contributed by atoms with Gasteiger partial charge in [0.25, 0.3) is 0 Å². The van der Waals surface area contributed by atoms with Crippen LogP contribution in [-0.4, -0.2) is 15.0 Å². The Labute approximate surface area is 112 Å². The minimum atomic E-state index is 0.417. The summed E-state index contributed by atoms with van der Waals surface area (Å²) >= 11 is 4.87. The molecule has 0 aliphatic carbocycles. The van der Waals surface area contributed by atoms with Crippen molar-refractivity contribution in [3.63, 3.8) is 0 Å². The van der Waals surface area contributed by atoms with Gasteiger partial charge < -0.3 is 5.73 Å². The van der Waals surface area contributed by atoms with E-state index in [9.17, 15) is 0 Å². The van der Waals surface area contributed by atoms with Crippen LogP contribution >= 0.6 is 27.7 Å². The summed E-state index contributed by atoms with van der Waals surface area (Å²) in [6.45, 7) is 2.35. The van der Waals surface area contributed by atoms with Crippen LogP contribution in [0.1, 0.15) is 11.4 Å². The van der Waals surface area contributed by atoms with Crippen LogP contribution in [0.5, 0.6) is 0 Å². The van der Waals surface area contributed by atoms with Gasteiger partial charge in [0, 0.05) is 18.4 Å². The van der Waals surface area contributed by atoms with E-state index in [2.05, 4.69) is 30.9 Å². The first kappa shape index (κ1) is 12.5. The zero-order chi connectivity index (χ0) is 12.3. The predicted molar refractivity (Wildman–Crippen MR) is 70.7 cm³/mol. The number of nitrogens with zero attached hydrogens (tertiary/aromatic N) is 3. The molecule has 0 spiro atoms. The molecule has 0 bridgehead atoms. The highest BCUT2D eigenvalue weighted by Gasteiger charge is 2.07. The van der Waals surface area contributed by atoms with Crippen LogP contribution in [0.25, 0.3) is 0 Å². The van der Waals surface area contributed by atoms with Gasteiger partial charge in [-0.3, -0.25) is 0 Å². The number of halogens is 1. The fourth-order valence-electron chi connectivity index (χ4n) is 1.29. The Hall–Kier alpha value is -0.980. The van der Waals surface area contributed by atoms with Crippen LogP contribution in [0, 0.1) is 6.92 Å². The Kier molecular flexibility index (Phi) is 4.09. The standard InChI is InChI=1S/C11H11BrN4S/c1-7-5-8(6-13)16-11(15-7)17-10-9(12)3-2-4-14-10/h2-5H,6,13H2,1H3. The van der Waals surface area contributed by atoms with Gasteiger partial charge in [-0.15, -0.1) is 0 Å². The third-order valence-corrected chi connectivity index (χ3v) is 3.79. The molecule has 0 aliphatic rings. The lowest BCUT2D eigenvalue weighted by Gasteiger charge is -2.04. The van der Waals surface area contributed by atoms with Gasteiger partial charge in [0.15, 0.2) is 5.16 Å². The summed E-state index contributed by atoms with van der Waals surface area (Å²) in [4.78, 5) is 13.0. The van der Waals surface area contributed by atoms with Crippen molar-refractivity contribution in [1.82, 2.24) is 15.0 Å². The van der Waals surface area contributed by atoms with Gasteiger partial charge in [0.05, 0.1) is 10.2 Å². The molecule has 0 radical (unpaired) electrons. The Morgan fingerprint density at radius 3 is 2.94 bits per heavy atom. The topological polar surface area (TPSA) is 64.7 Å². The number of pyridine rings is 1. The van der Waals surface area contributed by atoms with Crippen LogP contribution in [0.3, 0.4) is 0 Å². The number of aryl methyl sites for hydroxylation is 1. The van der Waals surface area contributed by atoms with Crippen molar-refractivity contribution in [2.75, 3.05) is 0 Å². The van der Waals surface area contributed by atoms with Crippen LogP contribution in [0.4, 0.5) is 0 Å². The second kappa shape index (κ2) is 5.57. The first-order valence-corrected chi connectivity index (χ1v) is 6.63. The zero-order valence-corrected chi connectivity index (χ0v) is 11.6. The Morgan fingerprint density at radius 2 is 2.24 bits per heavy atom. The molecule has 2 N–H and O–H groups in total. The summed E-state index contributed by atoms with van der Waals surface area (Å²) in [6, 6.07) is 5.70. The molecule has 0 aliphatic heterocycles. The number of aromatic nitrogens is 3. The normalized spacial score (nSPS) is 10.5. The molecule has 0 atom stereocenters. The van der Waals surface area contributed by atoms with Crippen molar-refractivity contribution in [3.8, 4) is 0 Å². The maximum Gasteiger partial charge on any atom is 0.194 e. The average Bonchev–Trinajstić information content (AvgIpc) is 2.31. The molecule has 2 aromatic heterocycles. The molecule has 4 nitrogen and oxygen atoms in total. The quantitative estimate of drug-likeness (QED) is 0.883. The highest BCUT2D eigenvalue weighted by molar-refractivity contribution is 9.10. The zero-order valence-electron chi connectivity index (χ0n) is 9.22. The molecule has 0 saturated carbocycles. The molecule has 6 heteroatoms. The Morgan fingerprint density at radius 1 is 1.41 bits per heavy atom. The van der Waals surface area contributed by atoms with E-state index in [1.807, 2.05) is 25.1 Å². The van der Waals surface area contributed by atoms with Gasteiger partial charge >= 0.3 is 0 Å². The van der Waals surface area contributed by atoms with E-state index in [1.54, 1.807) is 6.20 Å². The van der Waals surface area contributed by atoms with Crippen molar-refractivity contribution < 1.29 is 0 Å². The first-order valence-electron chi connectivity index (χ1n) is 5.02. The summed E-state index contributed by atoms with van der Waals surface area (Å²) in [5.74, 6) is 0. The maximum absolute atomic E-state index is 5.59. The molecular weight excluding hydrogens is 300 g/mol. The summed E-state index contributed by atoms with van der Waals surface area (Å²) < 4.78 is 0.935. The molecule has 88 valence electrons. The first-order chi connectivity index (χ1) is 8.19. The third-order valence-electron chi connectivity index (χ3n) is 2.01. The van der Waals surface area contributed by atoms with Gasteiger partial charge in [-0.05, 0) is 52.8 Å². The van der Waals surface area contributed by atoms with Crippen molar-refractivity contribution in [3.05, 3.63) is 40.3 Å². The van der Waals surface area contributed by atoms with Crippen molar-refractivity contribution in [2.45, 2.75) is 23.7 Å².